The molecule has 1 heterocycles. The summed E-state index contributed by atoms with van der Waals surface area (Å²) >= 11 is 0. The van der Waals surface area contributed by atoms with E-state index in [1.54, 1.807) is 24.3 Å². The molecule has 0 bridgehead atoms. The highest BCUT2D eigenvalue weighted by molar-refractivity contribution is 6.21. The minimum atomic E-state index is -4.86. The van der Waals surface area contributed by atoms with Crippen molar-refractivity contribution in [2.24, 2.45) is 0 Å². The standard InChI is InChI=1S/C78H53F6N3/c1-50-18-6-14-28-69(50)85(70-29-15-7-19-51(70)2)58-40-32-52(33-41-58)56-38-46-71-65(48-56)66-49-57(53-34-42-60(43-35-53)87(73-30-16-12-26-67(73)77(79,80)81)74-31-17-13-27-68(74)78(82,83)84)39-47-72(66)86(71)59-44-36-55(37-45-59)76-63-24-10-8-22-61(63)75(54-20-4-3-5-21-54)62-23-9-11-25-64(62)76/h3-49H,1-2H3. The fraction of sp³-hybridized carbons (Fsp3) is 0.0513. The largest absolute Gasteiger partial charge is 0.418 e. The maximum absolute atomic E-state index is 14.7. The summed E-state index contributed by atoms with van der Waals surface area (Å²) in [6.45, 7) is 4.25. The van der Waals surface area contributed by atoms with Gasteiger partial charge in [0.25, 0.3) is 0 Å². The third kappa shape index (κ3) is 9.81. The number of benzene rings is 13. The smallest absolute Gasteiger partial charge is 0.310 e. The Morgan fingerprint density at radius 3 is 1.00 bits per heavy atom. The van der Waals surface area contributed by atoms with Crippen molar-refractivity contribution in [1.29, 1.82) is 0 Å². The summed E-state index contributed by atoms with van der Waals surface area (Å²) in [6, 6.07) is 90.8. The van der Waals surface area contributed by atoms with Gasteiger partial charge in [-0.1, -0.05) is 188 Å². The van der Waals surface area contributed by atoms with Crippen LogP contribution in [0.5, 0.6) is 0 Å². The SMILES string of the molecule is Cc1ccccc1N(c1ccc(-c2ccc3c(c2)c2cc(-c4ccc(N(c5ccccc5C(F)(F)F)c5ccccc5C(F)(F)F)cc4)ccc2n3-c2ccc(-c3c4ccccc4c(-c4ccccc4)c4ccccc34)cc2)cc1)c1ccccc1C. The molecule has 13 aromatic carbocycles. The zero-order valence-electron chi connectivity index (χ0n) is 47.2. The van der Waals surface area contributed by atoms with Crippen LogP contribution < -0.4 is 9.80 Å². The summed E-state index contributed by atoms with van der Waals surface area (Å²) in [5.74, 6) is 0. The second-order valence-corrected chi connectivity index (χ2v) is 21.9. The van der Waals surface area contributed by atoms with E-state index in [9.17, 15) is 26.3 Å². The number of para-hydroxylation sites is 4. The van der Waals surface area contributed by atoms with Gasteiger partial charge in [0.15, 0.2) is 0 Å². The number of hydrogen-bond acceptors (Lipinski definition) is 2. The Hall–Kier alpha value is -10.6. The van der Waals surface area contributed by atoms with Gasteiger partial charge in [0.2, 0.25) is 0 Å². The minimum Gasteiger partial charge on any atom is -0.310 e. The van der Waals surface area contributed by atoms with Crippen molar-refractivity contribution in [3.63, 3.8) is 0 Å². The van der Waals surface area contributed by atoms with Crippen LogP contribution in [0.15, 0.2) is 285 Å². The molecule has 87 heavy (non-hydrogen) atoms. The van der Waals surface area contributed by atoms with Crippen molar-refractivity contribution in [3.05, 3.63) is 307 Å². The van der Waals surface area contributed by atoms with E-state index in [-0.39, 0.29) is 5.69 Å². The first-order chi connectivity index (χ1) is 42.3. The second-order valence-electron chi connectivity index (χ2n) is 21.9. The molecule has 0 amide bonds. The Kier molecular flexibility index (Phi) is 13.6. The van der Waals surface area contributed by atoms with Crippen LogP contribution in [0.1, 0.15) is 22.3 Å². The number of alkyl halides is 6. The monoisotopic (exact) mass is 1150 g/mol. The van der Waals surface area contributed by atoms with Crippen LogP contribution in [0.2, 0.25) is 0 Å². The average Bonchev–Trinajstić information content (AvgIpc) is 1.94. The molecule has 0 fully saturated rings. The van der Waals surface area contributed by atoms with Gasteiger partial charge in [0, 0.05) is 39.2 Å². The maximum Gasteiger partial charge on any atom is 0.418 e. The zero-order valence-corrected chi connectivity index (χ0v) is 47.2. The molecule has 0 spiro atoms. The van der Waals surface area contributed by atoms with E-state index in [4.69, 9.17) is 0 Å². The summed E-state index contributed by atoms with van der Waals surface area (Å²) in [4.78, 5) is 3.34. The topological polar surface area (TPSA) is 11.4 Å². The Balaban J connectivity index is 0.906. The molecule has 0 aliphatic heterocycles. The quantitative estimate of drug-likeness (QED) is 0.0945. The Labute approximate surface area is 499 Å². The molecule has 0 N–H and O–H groups in total. The number of halogens is 6. The van der Waals surface area contributed by atoms with Gasteiger partial charge in [0.1, 0.15) is 0 Å². The number of rotatable bonds is 11. The summed E-state index contributed by atoms with van der Waals surface area (Å²) in [6.07, 6.45) is -9.71. The van der Waals surface area contributed by atoms with Crippen molar-refractivity contribution < 1.29 is 26.3 Å². The molecule has 1 aromatic heterocycles. The van der Waals surface area contributed by atoms with Gasteiger partial charge >= 0.3 is 12.4 Å². The number of aromatic nitrogens is 1. The number of aryl methyl sites for hydroxylation is 2. The fourth-order valence-corrected chi connectivity index (χ4v) is 12.7. The van der Waals surface area contributed by atoms with Gasteiger partial charge < -0.3 is 14.4 Å². The molecule has 0 saturated carbocycles. The van der Waals surface area contributed by atoms with E-state index in [2.05, 4.69) is 224 Å². The molecular weight excluding hydrogens is 1090 g/mol. The summed E-state index contributed by atoms with van der Waals surface area (Å²) in [5.41, 5.74) is 13.6. The molecule has 0 atom stereocenters. The fourth-order valence-electron chi connectivity index (χ4n) is 12.7. The van der Waals surface area contributed by atoms with Crippen molar-refractivity contribution >= 4 is 77.5 Å². The van der Waals surface area contributed by atoms with E-state index in [0.29, 0.717) is 0 Å². The van der Waals surface area contributed by atoms with Crippen LogP contribution in [0, 0.1) is 13.8 Å². The van der Waals surface area contributed by atoms with Crippen molar-refractivity contribution in [2.45, 2.75) is 26.2 Å². The molecule has 14 aromatic rings. The normalized spacial score (nSPS) is 11.9. The predicted octanol–water partition coefficient (Wildman–Crippen LogP) is 23.4. The lowest BCUT2D eigenvalue weighted by Gasteiger charge is -2.30. The van der Waals surface area contributed by atoms with Crippen molar-refractivity contribution in [1.82, 2.24) is 4.57 Å². The molecular formula is C78H53F6N3. The molecule has 0 aliphatic carbocycles. The van der Waals surface area contributed by atoms with Gasteiger partial charge in [-0.25, -0.2) is 0 Å². The predicted molar refractivity (Wildman–Crippen MR) is 346 cm³/mol. The van der Waals surface area contributed by atoms with Crippen LogP contribution in [-0.4, -0.2) is 4.57 Å². The Bertz CT molecular complexity index is 4750. The molecule has 0 saturated heterocycles. The van der Waals surface area contributed by atoms with Crippen LogP contribution in [0.3, 0.4) is 0 Å². The maximum atomic E-state index is 14.7. The van der Waals surface area contributed by atoms with Gasteiger partial charge in [-0.3, -0.25) is 0 Å². The third-order valence-electron chi connectivity index (χ3n) is 16.7. The lowest BCUT2D eigenvalue weighted by molar-refractivity contribution is -0.137. The highest BCUT2D eigenvalue weighted by Gasteiger charge is 2.39. The van der Waals surface area contributed by atoms with Crippen molar-refractivity contribution in [3.8, 4) is 50.2 Å². The van der Waals surface area contributed by atoms with E-state index >= 15 is 0 Å². The number of fused-ring (bicyclic) bond motifs is 5. The first-order valence-electron chi connectivity index (χ1n) is 28.7. The van der Waals surface area contributed by atoms with Crippen molar-refractivity contribution in [2.75, 3.05) is 9.80 Å². The van der Waals surface area contributed by atoms with Crippen LogP contribution >= 0.6 is 0 Å². The number of anilines is 6. The van der Waals surface area contributed by atoms with Crippen LogP contribution in [-0.2, 0) is 12.4 Å². The molecule has 0 unspecified atom stereocenters. The first-order valence-corrected chi connectivity index (χ1v) is 28.7. The van der Waals surface area contributed by atoms with E-state index < -0.39 is 34.9 Å². The molecule has 3 nitrogen and oxygen atoms in total. The summed E-state index contributed by atoms with van der Waals surface area (Å²) in [5, 5.41) is 6.60. The lowest BCUT2D eigenvalue weighted by Crippen LogP contribution is -2.20. The molecule has 14 rings (SSSR count). The van der Waals surface area contributed by atoms with Gasteiger partial charge in [-0.15, -0.1) is 0 Å². The lowest BCUT2D eigenvalue weighted by atomic mass is 9.86. The van der Waals surface area contributed by atoms with E-state index in [1.165, 1.54) is 52.7 Å². The third-order valence-corrected chi connectivity index (χ3v) is 16.7. The molecule has 0 radical (unpaired) electrons. The highest BCUT2D eigenvalue weighted by atomic mass is 19.4. The van der Waals surface area contributed by atoms with Crippen LogP contribution in [0.4, 0.5) is 60.5 Å². The number of nitrogens with zero attached hydrogens (tertiary/aromatic N) is 3. The molecule has 0 aliphatic rings. The molecule has 422 valence electrons. The minimum absolute atomic E-state index is 0.123. The summed E-state index contributed by atoms with van der Waals surface area (Å²) in [7, 11) is 0. The van der Waals surface area contributed by atoms with E-state index in [0.717, 1.165) is 122 Å². The van der Waals surface area contributed by atoms with E-state index in [1.807, 2.05) is 12.1 Å². The van der Waals surface area contributed by atoms with Crippen LogP contribution in [0.25, 0.3) is 93.5 Å². The van der Waals surface area contributed by atoms with Gasteiger partial charge in [0.05, 0.1) is 33.5 Å². The Morgan fingerprint density at radius 2 is 0.598 bits per heavy atom. The Morgan fingerprint density at radius 1 is 0.276 bits per heavy atom. The van der Waals surface area contributed by atoms with Gasteiger partial charge in [-0.2, -0.15) is 26.3 Å². The highest BCUT2D eigenvalue weighted by Crippen LogP contribution is 2.49. The first kappa shape index (κ1) is 54.3. The summed E-state index contributed by atoms with van der Waals surface area (Å²) < 4.78 is 90.6. The second kappa shape index (κ2) is 21.8. The molecule has 9 heteroatoms. The zero-order chi connectivity index (χ0) is 59.6. The average molecular weight is 1150 g/mol. The number of hydrogen-bond donors (Lipinski definition) is 0. The van der Waals surface area contributed by atoms with Gasteiger partial charge in [-0.05, 0) is 188 Å².